The van der Waals surface area contributed by atoms with Crippen LogP contribution in [0.25, 0.3) is 0 Å². The second-order valence-corrected chi connectivity index (χ2v) is 5.50. The molecule has 0 aromatic heterocycles. The van der Waals surface area contributed by atoms with Gasteiger partial charge in [0.05, 0.1) is 13.0 Å². The van der Waals surface area contributed by atoms with Crippen molar-refractivity contribution in [3.05, 3.63) is 0 Å². The van der Waals surface area contributed by atoms with Gasteiger partial charge in [0.1, 0.15) is 0 Å². The van der Waals surface area contributed by atoms with Gasteiger partial charge in [-0.1, -0.05) is 35.4 Å². The Labute approximate surface area is 106 Å². The van der Waals surface area contributed by atoms with E-state index in [0.717, 1.165) is 18.8 Å². The van der Waals surface area contributed by atoms with Crippen molar-refractivity contribution in [1.29, 1.82) is 0 Å². The van der Waals surface area contributed by atoms with Crippen molar-refractivity contribution in [1.82, 2.24) is 0 Å². The Hall–Kier alpha value is 0.200. The van der Waals surface area contributed by atoms with Crippen LogP contribution in [0.5, 0.6) is 0 Å². The summed E-state index contributed by atoms with van der Waals surface area (Å²) < 4.78 is 6.06. The highest BCUT2D eigenvalue weighted by molar-refractivity contribution is 14.1. The summed E-state index contributed by atoms with van der Waals surface area (Å²) in [6.45, 7) is 0. The van der Waals surface area contributed by atoms with Crippen LogP contribution >= 0.6 is 22.6 Å². The van der Waals surface area contributed by atoms with Crippen LogP contribution in [-0.4, -0.2) is 17.5 Å². The third-order valence-corrected chi connectivity index (χ3v) is 4.14. The molecule has 0 saturated heterocycles. The lowest BCUT2D eigenvalue weighted by Crippen LogP contribution is -2.22. The fourth-order valence-corrected chi connectivity index (χ4v) is 2.92. The van der Waals surface area contributed by atoms with Gasteiger partial charge in [0.2, 0.25) is 0 Å². The van der Waals surface area contributed by atoms with E-state index in [0.29, 0.717) is 0 Å². The number of esters is 1. The molecule has 1 aliphatic rings. The molecule has 0 aromatic rings. The van der Waals surface area contributed by atoms with E-state index in [-0.39, 0.29) is 11.9 Å². The zero-order chi connectivity index (χ0) is 11.1. The average molecular weight is 324 g/mol. The zero-order valence-electron chi connectivity index (χ0n) is 9.51. The van der Waals surface area contributed by atoms with Gasteiger partial charge in [0, 0.05) is 0 Å². The van der Waals surface area contributed by atoms with Crippen LogP contribution in [-0.2, 0) is 9.53 Å². The van der Waals surface area contributed by atoms with Crippen molar-refractivity contribution in [2.24, 2.45) is 11.8 Å². The quantitative estimate of drug-likeness (QED) is 0.334. The molecule has 1 aliphatic carbocycles. The molecule has 1 fully saturated rings. The second kappa shape index (κ2) is 7.47. The molecule has 88 valence electrons. The molecule has 0 heterocycles. The molecular formula is C12H21IO2. The first-order chi connectivity index (χ1) is 7.27. The van der Waals surface area contributed by atoms with Gasteiger partial charge in [-0.15, -0.1) is 0 Å². The molecule has 0 radical (unpaired) electrons. The van der Waals surface area contributed by atoms with E-state index < -0.39 is 0 Å². The van der Waals surface area contributed by atoms with E-state index in [2.05, 4.69) is 22.6 Å². The summed E-state index contributed by atoms with van der Waals surface area (Å²) in [4.78, 5) is 11.3. The summed E-state index contributed by atoms with van der Waals surface area (Å²) in [7, 11) is 1.49. The number of hydrogen-bond donors (Lipinski definition) is 0. The molecule has 0 unspecified atom stereocenters. The molecule has 0 aromatic carbocycles. The van der Waals surface area contributed by atoms with E-state index in [1.54, 1.807) is 0 Å². The molecule has 0 aliphatic heterocycles. The van der Waals surface area contributed by atoms with Crippen LogP contribution in [0.1, 0.15) is 44.9 Å². The van der Waals surface area contributed by atoms with Crippen LogP contribution in [0.2, 0.25) is 0 Å². The standard InChI is InChI=1S/C12H21IO2/c1-15-12(14)11-7-5-10(6-8-11)4-2-3-9-13/h10-11H,2-9H2,1H3. The number of hydrogen-bond acceptors (Lipinski definition) is 2. The molecule has 0 spiro atoms. The molecule has 1 saturated carbocycles. The zero-order valence-corrected chi connectivity index (χ0v) is 11.7. The summed E-state index contributed by atoms with van der Waals surface area (Å²) in [5.41, 5.74) is 0. The fourth-order valence-electron chi connectivity index (χ4n) is 2.38. The topological polar surface area (TPSA) is 26.3 Å². The first-order valence-corrected chi connectivity index (χ1v) is 7.44. The highest BCUT2D eigenvalue weighted by Gasteiger charge is 2.26. The van der Waals surface area contributed by atoms with Crippen molar-refractivity contribution in [2.75, 3.05) is 11.5 Å². The summed E-state index contributed by atoms with van der Waals surface area (Å²) in [5.74, 6) is 1.06. The molecule has 0 atom stereocenters. The van der Waals surface area contributed by atoms with E-state index in [9.17, 15) is 4.79 Å². The van der Waals surface area contributed by atoms with Crippen LogP contribution < -0.4 is 0 Å². The molecule has 1 rings (SSSR count). The number of alkyl halides is 1. The lowest BCUT2D eigenvalue weighted by atomic mass is 9.80. The van der Waals surface area contributed by atoms with E-state index in [1.807, 2.05) is 0 Å². The average Bonchev–Trinajstić information content (AvgIpc) is 2.29. The highest BCUT2D eigenvalue weighted by atomic mass is 127. The lowest BCUT2D eigenvalue weighted by Gasteiger charge is -2.26. The number of carbonyl (C=O) groups is 1. The van der Waals surface area contributed by atoms with Gasteiger partial charge in [-0.25, -0.2) is 0 Å². The van der Waals surface area contributed by atoms with Crippen molar-refractivity contribution in [3.8, 4) is 0 Å². The van der Waals surface area contributed by atoms with Crippen LogP contribution in [0.15, 0.2) is 0 Å². The van der Waals surface area contributed by atoms with Gasteiger partial charge in [-0.3, -0.25) is 4.79 Å². The molecular weight excluding hydrogens is 303 g/mol. The maximum Gasteiger partial charge on any atom is 0.308 e. The molecule has 15 heavy (non-hydrogen) atoms. The van der Waals surface area contributed by atoms with Crippen molar-refractivity contribution < 1.29 is 9.53 Å². The Morgan fingerprint density at radius 3 is 2.47 bits per heavy atom. The Morgan fingerprint density at radius 1 is 1.27 bits per heavy atom. The maximum absolute atomic E-state index is 11.3. The second-order valence-electron chi connectivity index (χ2n) is 4.43. The lowest BCUT2D eigenvalue weighted by molar-refractivity contribution is -0.146. The van der Waals surface area contributed by atoms with Gasteiger partial charge >= 0.3 is 5.97 Å². The van der Waals surface area contributed by atoms with E-state index in [1.165, 1.54) is 43.6 Å². The van der Waals surface area contributed by atoms with Crippen molar-refractivity contribution in [3.63, 3.8) is 0 Å². The Bertz CT molecular complexity index is 186. The van der Waals surface area contributed by atoms with Gasteiger partial charge in [0.15, 0.2) is 0 Å². The first kappa shape index (κ1) is 13.3. The monoisotopic (exact) mass is 324 g/mol. The number of rotatable bonds is 5. The highest BCUT2D eigenvalue weighted by Crippen LogP contribution is 2.32. The van der Waals surface area contributed by atoms with E-state index >= 15 is 0 Å². The number of carbonyl (C=O) groups excluding carboxylic acids is 1. The Balaban J connectivity index is 2.15. The number of unbranched alkanes of at least 4 members (excludes halogenated alkanes) is 1. The molecule has 0 amide bonds. The Kier molecular flexibility index (Phi) is 6.61. The maximum atomic E-state index is 11.3. The third kappa shape index (κ3) is 4.70. The SMILES string of the molecule is COC(=O)C1CCC(CCCCI)CC1. The predicted octanol–water partition coefficient (Wildman–Crippen LogP) is 3.57. The first-order valence-electron chi connectivity index (χ1n) is 5.91. The predicted molar refractivity (Wildman–Crippen MR) is 70.2 cm³/mol. The Morgan fingerprint density at radius 2 is 1.93 bits per heavy atom. The summed E-state index contributed by atoms with van der Waals surface area (Å²) >= 11 is 2.44. The third-order valence-electron chi connectivity index (χ3n) is 3.38. The largest absolute Gasteiger partial charge is 0.469 e. The van der Waals surface area contributed by atoms with Gasteiger partial charge in [0.25, 0.3) is 0 Å². The number of halogens is 1. The van der Waals surface area contributed by atoms with Crippen molar-refractivity contribution in [2.45, 2.75) is 44.9 Å². The summed E-state index contributed by atoms with van der Waals surface area (Å²) in [6.07, 6.45) is 8.59. The summed E-state index contributed by atoms with van der Waals surface area (Å²) in [5, 5.41) is 0. The smallest absolute Gasteiger partial charge is 0.308 e. The van der Waals surface area contributed by atoms with Gasteiger partial charge in [-0.2, -0.15) is 0 Å². The van der Waals surface area contributed by atoms with Crippen LogP contribution in [0.4, 0.5) is 0 Å². The van der Waals surface area contributed by atoms with Gasteiger partial charge in [-0.05, 0) is 42.4 Å². The molecule has 3 heteroatoms. The molecule has 0 N–H and O–H groups in total. The number of ether oxygens (including phenoxy) is 1. The molecule has 0 bridgehead atoms. The minimum absolute atomic E-state index is 0.000659. The van der Waals surface area contributed by atoms with Crippen LogP contribution in [0, 0.1) is 11.8 Å². The van der Waals surface area contributed by atoms with Gasteiger partial charge < -0.3 is 4.74 Å². The van der Waals surface area contributed by atoms with Crippen molar-refractivity contribution >= 4 is 28.6 Å². The normalized spacial score (nSPS) is 26.3. The molecule has 2 nitrogen and oxygen atoms in total. The minimum Gasteiger partial charge on any atom is -0.469 e. The van der Waals surface area contributed by atoms with E-state index in [4.69, 9.17) is 4.74 Å². The fraction of sp³-hybridized carbons (Fsp3) is 0.917. The number of methoxy groups -OCH3 is 1. The minimum atomic E-state index is 0.000659. The van der Waals surface area contributed by atoms with Crippen LogP contribution in [0.3, 0.4) is 0 Å². The summed E-state index contributed by atoms with van der Waals surface area (Å²) in [6, 6.07) is 0.